The number of terminal acetylenes is 1. The molecule has 0 radical (unpaired) electrons. The fourth-order valence-corrected chi connectivity index (χ4v) is 3.14. The van der Waals surface area contributed by atoms with Gasteiger partial charge in [0.1, 0.15) is 12.2 Å². The molecule has 0 unspecified atom stereocenters. The van der Waals surface area contributed by atoms with Crippen LogP contribution in [-0.4, -0.2) is 23.3 Å². The lowest BCUT2D eigenvalue weighted by Gasteiger charge is -2.13. The number of nitro benzene ring substituents is 1. The Bertz CT molecular complexity index is 1040. The van der Waals surface area contributed by atoms with Crippen LogP contribution in [0.1, 0.15) is 5.56 Å². The summed E-state index contributed by atoms with van der Waals surface area (Å²) in [5, 5.41) is 12.5. The van der Waals surface area contributed by atoms with Gasteiger partial charge in [-0.2, -0.15) is 0 Å². The highest BCUT2D eigenvalue weighted by Crippen LogP contribution is 2.37. The van der Waals surface area contributed by atoms with Gasteiger partial charge in [0.25, 0.3) is 11.8 Å². The second-order valence-electron chi connectivity index (χ2n) is 5.58. The number of nitrogens with zero attached hydrogens (tertiary/aromatic N) is 2. The first kappa shape index (κ1) is 19.1. The van der Waals surface area contributed by atoms with E-state index in [-0.39, 0.29) is 33.7 Å². The molecule has 2 amide bonds. The predicted molar refractivity (Wildman–Crippen MR) is 105 cm³/mol. The summed E-state index contributed by atoms with van der Waals surface area (Å²) in [6, 6.07) is 11.3. The number of amides is 2. The van der Waals surface area contributed by atoms with Crippen LogP contribution in [0.15, 0.2) is 52.5 Å². The van der Waals surface area contributed by atoms with Crippen molar-refractivity contribution in [2.45, 2.75) is 0 Å². The van der Waals surface area contributed by atoms with Crippen LogP contribution < -0.4 is 15.2 Å². The molecule has 0 atom stereocenters. The van der Waals surface area contributed by atoms with Gasteiger partial charge in [-0.3, -0.25) is 25.1 Å². The molecule has 3 rings (SSSR count). The van der Waals surface area contributed by atoms with Crippen LogP contribution >= 0.6 is 15.9 Å². The molecule has 0 saturated carbocycles. The third-order valence-electron chi connectivity index (χ3n) is 3.76. The van der Waals surface area contributed by atoms with Crippen molar-refractivity contribution in [3.63, 3.8) is 0 Å². The fourth-order valence-electron chi connectivity index (χ4n) is 2.56. The Balaban J connectivity index is 1.99. The molecular formula is C19H12BrN3O5. The van der Waals surface area contributed by atoms with E-state index in [2.05, 4.69) is 27.3 Å². The van der Waals surface area contributed by atoms with Crippen molar-refractivity contribution in [3.05, 3.63) is 68.2 Å². The quantitative estimate of drug-likeness (QED) is 0.252. The van der Waals surface area contributed by atoms with Crippen LogP contribution in [-0.2, 0) is 9.59 Å². The molecule has 2 aromatic rings. The predicted octanol–water partition coefficient (Wildman–Crippen LogP) is 2.83. The molecule has 0 spiro atoms. The molecule has 0 aliphatic carbocycles. The van der Waals surface area contributed by atoms with Crippen molar-refractivity contribution in [1.29, 1.82) is 0 Å². The minimum absolute atomic E-state index is 0.0294. The number of ether oxygens (including phenoxy) is 1. The minimum atomic E-state index is -0.634. The Morgan fingerprint density at radius 2 is 2.00 bits per heavy atom. The maximum atomic E-state index is 12.6. The van der Waals surface area contributed by atoms with E-state index in [1.807, 2.05) is 0 Å². The maximum Gasteiger partial charge on any atom is 0.312 e. The summed E-state index contributed by atoms with van der Waals surface area (Å²) in [6.07, 6.45) is 6.41. The number of nitro groups is 1. The van der Waals surface area contributed by atoms with Gasteiger partial charge < -0.3 is 4.74 Å². The summed E-state index contributed by atoms with van der Waals surface area (Å²) >= 11 is 3.20. The summed E-state index contributed by atoms with van der Waals surface area (Å²) < 4.78 is 5.49. The minimum Gasteiger partial charge on any atom is -0.473 e. The summed E-state index contributed by atoms with van der Waals surface area (Å²) in [5.41, 5.74) is 2.74. The lowest BCUT2D eigenvalue weighted by Crippen LogP contribution is -2.35. The monoisotopic (exact) mass is 441 g/mol. The normalized spacial score (nSPS) is 14.7. The third kappa shape index (κ3) is 3.72. The van der Waals surface area contributed by atoms with E-state index in [1.54, 1.807) is 30.3 Å². The number of benzene rings is 2. The standard InChI is InChI=1S/C19H12BrN3O5/c1-2-8-28-17-15(20)10-12(11-16(17)23(26)27)9-14-18(24)21-22(19(14)25)13-6-4-3-5-7-13/h1,3-7,9-11H,8H2,(H,21,24)/b14-9-. The van der Waals surface area contributed by atoms with Crippen molar-refractivity contribution in [2.75, 3.05) is 11.6 Å². The number of nitrogens with one attached hydrogen (secondary N) is 1. The van der Waals surface area contributed by atoms with Gasteiger partial charge in [0, 0.05) is 6.07 Å². The number of para-hydroxylation sites is 1. The number of hydrogen-bond acceptors (Lipinski definition) is 5. The number of halogens is 1. The Kier molecular flexibility index (Phi) is 5.42. The highest BCUT2D eigenvalue weighted by molar-refractivity contribution is 9.10. The van der Waals surface area contributed by atoms with Crippen LogP contribution in [0.2, 0.25) is 0 Å². The van der Waals surface area contributed by atoms with E-state index in [0.717, 1.165) is 5.01 Å². The van der Waals surface area contributed by atoms with Gasteiger partial charge in [0.15, 0.2) is 0 Å². The van der Waals surface area contributed by atoms with E-state index >= 15 is 0 Å². The molecule has 28 heavy (non-hydrogen) atoms. The van der Waals surface area contributed by atoms with Crippen LogP contribution in [0.25, 0.3) is 6.08 Å². The largest absolute Gasteiger partial charge is 0.473 e. The molecule has 9 heteroatoms. The lowest BCUT2D eigenvalue weighted by atomic mass is 10.1. The van der Waals surface area contributed by atoms with Crippen molar-refractivity contribution in [3.8, 4) is 18.1 Å². The Labute approximate surface area is 168 Å². The molecule has 1 heterocycles. The van der Waals surface area contributed by atoms with Crippen molar-refractivity contribution < 1.29 is 19.2 Å². The van der Waals surface area contributed by atoms with Crippen molar-refractivity contribution >= 4 is 45.2 Å². The van der Waals surface area contributed by atoms with Crippen LogP contribution in [0.5, 0.6) is 5.75 Å². The zero-order valence-corrected chi connectivity index (χ0v) is 15.8. The fraction of sp³-hybridized carbons (Fsp3) is 0.0526. The molecule has 8 nitrogen and oxygen atoms in total. The average Bonchev–Trinajstić information content (AvgIpc) is 2.95. The van der Waals surface area contributed by atoms with E-state index in [1.165, 1.54) is 18.2 Å². The zero-order valence-electron chi connectivity index (χ0n) is 14.2. The van der Waals surface area contributed by atoms with Gasteiger partial charge in [0.2, 0.25) is 5.75 Å². The molecule has 0 aromatic heterocycles. The van der Waals surface area contributed by atoms with Gasteiger partial charge in [-0.05, 0) is 45.8 Å². The Morgan fingerprint density at radius 3 is 2.64 bits per heavy atom. The summed E-state index contributed by atoms with van der Waals surface area (Å²) in [5.74, 6) is 1.03. The first-order chi connectivity index (χ1) is 13.4. The Morgan fingerprint density at radius 1 is 1.29 bits per heavy atom. The van der Waals surface area contributed by atoms with Gasteiger partial charge in [-0.15, -0.1) is 6.42 Å². The number of rotatable bonds is 5. The third-order valence-corrected chi connectivity index (χ3v) is 4.35. The molecule has 1 aliphatic rings. The first-order valence-electron chi connectivity index (χ1n) is 7.88. The SMILES string of the molecule is C#CCOc1c(Br)cc(/C=C2/C(=O)NN(c3ccccc3)C2=O)cc1[N+](=O)[O-]. The molecule has 0 bridgehead atoms. The highest BCUT2D eigenvalue weighted by atomic mass is 79.9. The van der Waals surface area contributed by atoms with E-state index in [9.17, 15) is 19.7 Å². The molecule has 1 aliphatic heterocycles. The van der Waals surface area contributed by atoms with Crippen molar-refractivity contribution in [1.82, 2.24) is 5.43 Å². The van der Waals surface area contributed by atoms with E-state index in [4.69, 9.17) is 11.2 Å². The van der Waals surface area contributed by atoms with E-state index in [0.29, 0.717) is 5.69 Å². The molecule has 140 valence electrons. The van der Waals surface area contributed by atoms with Gasteiger partial charge in [0.05, 0.1) is 15.1 Å². The summed E-state index contributed by atoms with van der Waals surface area (Å²) in [6.45, 7) is -0.146. The summed E-state index contributed by atoms with van der Waals surface area (Å²) in [7, 11) is 0. The number of carbonyl (C=O) groups is 2. The van der Waals surface area contributed by atoms with E-state index < -0.39 is 16.7 Å². The zero-order chi connectivity index (χ0) is 20.3. The Hall–Kier alpha value is -3.64. The van der Waals surface area contributed by atoms with Crippen LogP contribution in [0, 0.1) is 22.5 Å². The second kappa shape index (κ2) is 7.94. The number of hydrogen-bond donors (Lipinski definition) is 1. The number of carbonyl (C=O) groups excluding carboxylic acids is 2. The molecular weight excluding hydrogens is 430 g/mol. The first-order valence-corrected chi connectivity index (χ1v) is 8.68. The maximum absolute atomic E-state index is 12.6. The smallest absolute Gasteiger partial charge is 0.312 e. The summed E-state index contributed by atoms with van der Waals surface area (Å²) in [4.78, 5) is 35.6. The number of hydrazine groups is 1. The van der Waals surface area contributed by atoms with Crippen molar-refractivity contribution in [2.24, 2.45) is 0 Å². The average molecular weight is 442 g/mol. The second-order valence-corrected chi connectivity index (χ2v) is 6.43. The van der Waals surface area contributed by atoms with Gasteiger partial charge in [-0.25, -0.2) is 5.01 Å². The van der Waals surface area contributed by atoms with Gasteiger partial charge >= 0.3 is 5.69 Å². The molecule has 1 N–H and O–H groups in total. The number of anilines is 1. The van der Waals surface area contributed by atoms with Crippen LogP contribution in [0.3, 0.4) is 0 Å². The van der Waals surface area contributed by atoms with Crippen LogP contribution in [0.4, 0.5) is 11.4 Å². The highest BCUT2D eigenvalue weighted by Gasteiger charge is 2.34. The lowest BCUT2D eigenvalue weighted by molar-refractivity contribution is -0.385. The van der Waals surface area contributed by atoms with Gasteiger partial charge in [-0.1, -0.05) is 24.1 Å². The molecule has 1 saturated heterocycles. The molecule has 2 aromatic carbocycles. The topological polar surface area (TPSA) is 102 Å². The molecule has 1 fully saturated rings.